The van der Waals surface area contributed by atoms with Gasteiger partial charge in [-0.2, -0.15) is 9.37 Å². The Bertz CT molecular complexity index is 778. The van der Waals surface area contributed by atoms with Crippen molar-refractivity contribution in [2.24, 2.45) is 23.7 Å². The lowest BCUT2D eigenvalue weighted by Crippen LogP contribution is -2.24. The Morgan fingerprint density at radius 1 is 0.970 bits per heavy atom. The Labute approximate surface area is 200 Å². The molecule has 3 aliphatic carbocycles. The molecule has 0 aromatic carbocycles. The van der Waals surface area contributed by atoms with Gasteiger partial charge in [-0.3, -0.25) is 0 Å². The van der Waals surface area contributed by atoms with E-state index in [2.05, 4.69) is 18.0 Å². The third-order valence-electron chi connectivity index (χ3n) is 8.50. The van der Waals surface area contributed by atoms with E-state index in [0.717, 1.165) is 29.7 Å². The van der Waals surface area contributed by atoms with Gasteiger partial charge in [0.2, 0.25) is 5.88 Å². The van der Waals surface area contributed by atoms with Gasteiger partial charge >= 0.3 is 0 Å². The number of hydrogen-bond donors (Lipinski definition) is 0. The van der Waals surface area contributed by atoms with E-state index < -0.39 is 5.95 Å². The van der Waals surface area contributed by atoms with Crippen LogP contribution in [0, 0.1) is 36.5 Å². The van der Waals surface area contributed by atoms with Crippen molar-refractivity contribution in [2.45, 2.75) is 104 Å². The Kier molecular flexibility index (Phi) is 9.09. The summed E-state index contributed by atoms with van der Waals surface area (Å²) in [6, 6.07) is 1.74. The molecule has 3 aliphatic rings. The van der Waals surface area contributed by atoms with Gasteiger partial charge in [0.05, 0.1) is 6.61 Å². The van der Waals surface area contributed by atoms with Gasteiger partial charge in [-0.25, -0.2) is 0 Å². The van der Waals surface area contributed by atoms with Gasteiger partial charge in [0.1, 0.15) is 6.61 Å². The minimum Gasteiger partial charge on any atom is -0.488 e. The summed E-state index contributed by atoms with van der Waals surface area (Å²) in [5.41, 5.74) is 2.18. The van der Waals surface area contributed by atoms with E-state index in [1.807, 2.05) is 6.92 Å². The van der Waals surface area contributed by atoms with Gasteiger partial charge < -0.3 is 9.47 Å². The third-order valence-corrected chi connectivity index (χ3v) is 8.50. The smallest absolute Gasteiger partial charge is 0.258 e. The molecule has 2 fully saturated rings. The zero-order chi connectivity index (χ0) is 23.0. The molecule has 0 radical (unpaired) electrons. The van der Waals surface area contributed by atoms with Crippen molar-refractivity contribution in [3.05, 3.63) is 29.2 Å². The molecule has 0 saturated heterocycles. The lowest BCUT2D eigenvalue weighted by molar-refractivity contribution is 0.183. The van der Waals surface area contributed by atoms with Crippen LogP contribution in [0.2, 0.25) is 0 Å². The number of aromatic nitrogens is 1. The molecule has 0 N–H and O–H groups in total. The van der Waals surface area contributed by atoms with E-state index >= 15 is 0 Å². The number of hydrogen-bond acceptors (Lipinski definition) is 3. The quantitative estimate of drug-likeness (QED) is 0.262. The number of halogens is 1. The van der Waals surface area contributed by atoms with E-state index in [9.17, 15) is 4.39 Å². The number of rotatable bonds is 10. The normalized spacial score (nSPS) is 26.3. The summed E-state index contributed by atoms with van der Waals surface area (Å²) in [6.07, 6.45) is 20.8. The van der Waals surface area contributed by atoms with E-state index in [1.54, 1.807) is 6.07 Å². The molecule has 1 heterocycles. The molecule has 0 bridgehead atoms. The van der Waals surface area contributed by atoms with Crippen LogP contribution in [0.15, 0.2) is 17.7 Å². The van der Waals surface area contributed by atoms with Crippen LogP contribution in [0.3, 0.4) is 0 Å². The molecular weight excluding hydrogens is 413 g/mol. The second-order valence-electron chi connectivity index (χ2n) is 11.0. The molecule has 0 spiro atoms. The molecule has 1 aromatic heterocycles. The highest BCUT2D eigenvalue weighted by atomic mass is 19.1. The average molecular weight is 458 g/mol. The number of nitrogens with zero attached hydrogens (tertiary/aromatic N) is 1. The van der Waals surface area contributed by atoms with Crippen LogP contribution in [-0.2, 0) is 0 Å². The summed E-state index contributed by atoms with van der Waals surface area (Å²) in [4.78, 5) is 4.08. The molecule has 184 valence electrons. The van der Waals surface area contributed by atoms with Gasteiger partial charge in [0, 0.05) is 5.56 Å². The fourth-order valence-corrected chi connectivity index (χ4v) is 6.25. The minimum atomic E-state index is -0.555. The zero-order valence-electron chi connectivity index (χ0n) is 20.9. The molecule has 1 aromatic rings. The summed E-state index contributed by atoms with van der Waals surface area (Å²) in [7, 11) is 0. The summed E-state index contributed by atoms with van der Waals surface area (Å²) in [6.45, 7) is 5.33. The first-order valence-electron chi connectivity index (χ1n) is 13.7. The summed E-state index contributed by atoms with van der Waals surface area (Å²) in [5.74, 6) is 3.40. The number of allylic oxidation sites excluding steroid dienone is 1. The van der Waals surface area contributed by atoms with Crippen molar-refractivity contribution in [3.8, 4) is 11.6 Å². The Hall–Kier alpha value is -1.58. The lowest BCUT2D eigenvalue weighted by Gasteiger charge is -2.35. The number of aryl methyl sites for hydroxylation is 1. The Morgan fingerprint density at radius 2 is 1.76 bits per heavy atom. The van der Waals surface area contributed by atoms with Crippen LogP contribution < -0.4 is 9.47 Å². The van der Waals surface area contributed by atoms with E-state index in [0.29, 0.717) is 25.0 Å². The van der Waals surface area contributed by atoms with E-state index in [4.69, 9.17) is 9.47 Å². The molecular formula is C29H44FNO2. The van der Waals surface area contributed by atoms with Crippen molar-refractivity contribution >= 4 is 0 Å². The Balaban J connectivity index is 1.22. The van der Waals surface area contributed by atoms with Gasteiger partial charge in [0.15, 0.2) is 5.75 Å². The highest BCUT2D eigenvalue weighted by molar-refractivity contribution is 5.33. The van der Waals surface area contributed by atoms with Gasteiger partial charge in [0.25, 0.3) is 5.95 Å². The summed E-state index contributed by atoms with van der Waals surface area (Å²) < 4.78 is 26.2. The lowest BCUT2D eigenvalue weighted by atomic mass is 9.71. The highest BCUT2D eigenvalue weighted by Gasteiger charge is 2.28. The standard InChI is InChI=1S/C29H44FNO2/c1-3-4-7-22-10-14-25(15-11-22)26-16-12-24(13-17-26)20-33-29-21(2)18-27(28(30)31-29)32-19-23-8-5-6-9-23/h12,18,22-23,25-26H,3-11,13-17,19-20H2,1-2H3. The van der Waals surface area contributed by atoms with Gasteiger partial charge in [-0.15, -0.1) is 0 Å². The van der Waals surface area contributed by atoms with Crippen molar-refractivity contribution in [3.63, 3.8) is 0 Å². The first-order chi connectivity index (χ1) is 16.1. The molecule has 1 unspecified atom stereocenters. The van der Waals surface area contributed by atoms with Crippen molar-refractivity contribution in [1.82, 2.24) is 4.98 Å². The zero-order valence-corrected chi connectivity index (χ0v) is 20.9. The number of unbranched alkanes of at least 4 members (excludes halogenated alkanes) is 1. The van der Waals surface area contributed by atoms with Crippen LogP contribution in [-0.4, -0.2) is 18.2 Å². The van der Waals surface area contributed by atoms with Crippen LogP contribution in [0.5, 0.6) is 11.6 Å². The Morgan fingerprint density at radius 3 is 2.45 bits per heavy atom. The van der Waals surface area contributed by atoms with E-state index in [-0.39, 0.29) is 5.75 Å². The second-order valence-corrected chi connectivity index (χ2v) is 11.0. The van der Waals surface area contributed by atoms with Crippen LogP contribution in [0.4, 0.5) is 4.39 Å². The summed E-state index contributed by atoms with van der Waals surface area (Å²) >= 11 is 0. The largest absolute Gasteiger partial charge is 0.488 e. The first kappa shape index (κ1) is 24.5. The molecule has 4 heteroatoms. The molecule has 1 atom stereocenters. The molecule has 2 saturated carbocycles. The highest BCUT2D eigenvalue weighted by Crippen LogP contribution is 2.41. The van der Waals surface area contributed by atoms with Crippen LogP contribution in [0.1, 0.15) is 102 Å². The number of ether oxygens (including phenoxy) is 2. The molecule has 0 aliphatic heterocycles. The predicted molar refractivity (Wildman–Crippen MR) is 132 cm³/mol. The monoisotopic (exact) mass is 457 g/mol. The molecule has 33 heavy (non-hydrogen) atoms. The maximum atomic E-state index is 14.5. The fraction of sp³-hybridized carbons (Fsp3) is 0.759. The fourth-order valence-electron chi connectivity index (χ4n) is 6.25. The topological polar surface area (TPSA) is 31.4 Å². The summed E-state index contributed by atoms with van der Waals surface area (Å²) in [5, 5.41) is 0. The van der Waals surface area contributed by atoms with Crippen LogP contribution >= 0.6 is 0 Å². The van der Waals surface area contributed by atoms with Gasteiger partial charge in [-0.05, 0) is 87.2 Å². The average Bonchev–Trinajstić information content (AvgIpc) is 3.36. The second kappa shape index (κ2) is 12.2. The number of pyridine rings is 1. The maximum Gasteiger partial charge on any atom is 0.258 e. The third kappa shape index (κ3) is 6.96. The van der Waals surface area contributed by atoms with Crippen molar-refractivity contribution in [1.29, 1.82) is 0 Å². The van der Waals surface area contributed by atoms with Crippen molar-refractivity contribution in [2.75, 3.05) is 13.2 Å². The minimum absolute atomic E-state index is 0.260. The van der Waals surface area contributed by atoms with Crippen molar-refractivity contribution < 1.29 is 13.9 Å². The molecule has 4 rings (SSSR count). The van der Waals surface area contributed by atoms with Gasteiger partial charge in [-0.1, -0.05) is 57.9 Å². The SMILES string of the molecule is CCCCC1CCC(C2CC=C(COc3nc(F)c(OCC4CCCC4)cc3C)CC2)CC1. The van der Waals surface area contributed by atoms with E-state index in [1.165, 1.54) is 89.0 Å². The first-order valence-corrected chi connectivity index (χ1v) is 13.7. The van der Waals surface area contributed by atoms with Crippen LogP contribution in [0.25, 0.3) is 0 Å². The molecule has 3 nitrogen and oxygen atoms in total. The molecule has 0 amide bonds. The predicted octanol–water partition coefficient (Wildman–Crippen LogP) is 8.20. The maximum absolute atomic E-state index is 14.5.